The molecule has 0 unspecified atom stereocenters. The van der Waals surface area contributed by atoms with Crippen LogP contribution in [0, 0.1) is 0 Å². The lowest BCUT2D eigenvalue weighted by Crippen LogP contribution is -2.35. The second-order valence-corrected chi connectivity index (χ2v) is 4.62. The molecule has 0 fully saturated rings. The Kier molecular flexibility index (Phi) is 6.26. The third-order valence-electron chi connectivity index (χ3n) is 1.57. The number of rotatable bonds is 6. The van der Waals surface area contributed by atoms with E-state index in [1.807, 2.05) is 0 Å². The molecule has 0 saturated carbocycles. The Bertz CT molecular complexity index is 89.6. The van der Waals surface area contributed by atoms with E-state index in [0.29, 0.717) is 0 Å². The first-order chi connectivity index (χ1) is 5.24. The van der Waals surface area contributed by atoms with Gasteiger partial charge in [0.05, 0.1) is 8.67 Å². The highest BCUT2D eigenvalue weighted by Gasteiger charge is 2.28. The van der Waals surface area contributed by atoms with Crippen molar-refractivity contribution in [1.29, 1.82) is 0 Å². The van der Waals surface area contributed by atoms with Crippen LogP contribution >= 0.6 is 12.1 Å². The summed E-state index contributed by atoms with van der Waals surface area (Å²) >= 11 is 4.22. The van der Waals surface area contributed by atoms with Gasteiger partial charge in [-0.25, -0.2) is 12.1 Å². The van der Waals surface area contributed by atoms with Gasteiger partial charge in [0, 0.05) is 27.8 Å². The maximum Gasteiger partial charge on any atom is 0.281 e. The van der Waals surface area contributed by atoms with Crippen molar-refractivity contribution in [2.45, 2.75) is 18.4 Å². The summed E-state index contributed by atoms with van der Waals surface area (Å²) in [4.78, 5) is 0. The summed E-state index contributed by atoms with van der Waals surface area (Å²) in [6.45, 7) is 0. The third-order valence-corrected chi connectivity index (χ3v) is 3.19. The molecule has 0 aliphatic rings. The van der Waals surface area contributed by atoms with Gasteiger partial charge in [0.1, 0.15) is 0 Å². The van der Waals surface area contributed by atoms with Crippen molar-refractivity contribution >= 4 is 20.7 Å². The van der Waals surface area contributed by atoms with E-state index in [9.17, 15) is 0 Å². The topological polar surface area (TPSA) is 27.7 Å². The molecule has 0 aliphatic heterocycles. The van der Waals surface area contributed by atoms with Crippen LogP contribution in [0.25, 0.3) is 0 Å². The van der Waals surface area contributed by atoms with Crippen molar-refractivity contribution in [2.24, 2.45) is 0 Å². The normalized spacial score (nSPS) is 13.1. The lowest BCUT2D eigenvalue weighted by molar-refractivity contribution is -0.352. The highest BCUT2D eigenvalue weighted by Crippen LogP contribution is 2.19. The molecule has 0 spiro atoms. The van der Waals surface area contributed by atoms with Crippen LogP contribution < -0.4 is 0 Å². The fourth-order valence-electron chi connectivity index (χ4n) is 0.852. The van der Waals surface area contributed by atoms with Crippen LogP contribution in [0.1, 0.15) is 6.42 Å². The van der Waals surface area contributed by atoms with Crippen LogP contribution in [-0.4, -0.2) is 36.0 Å². The smallest absolute Gasteiger partial charge is 0.281 e. The third kappa shape index (κ3) is 3.57. The van der Waals surface area contributed by atoms with E-state index < -0.39 is 5.97 Å². The van der Waals surface area contributed by atoms with Crippen molar-refractivity contribution in [3.63, 3.8) is 0 Å². The summed E-state index contributed by atoms with van der Waals surface area (Å²) in [5, 5.41) is 0. The van der Waals surface area contributed by atoms with E-state index >= 15 is 0 Å². The first kappa shape index (κ1) is 11.4. The quantitative estimate of drug-likeness (QED) is 0.379. The highest BCUT2D eigenvalue weighted by atomic mass is 32.3. The van der Waals surface area contributed by atoms with Gasteiger partial charge in [-0.2, -0.15) is 0 Å². The van der Waals surface area contributed by atoms with Gasteiger partial charge in [0.25, 0.3) is 5.97 Å². The summed E-state index contributed by atoms with van der Waals surface area (Å²) in [6.07, 6.45) is 0.756. The monoisotopic (exact) mass is 196 g/mol. The molecule has 3 nitrogen and oxygen atoms in total. The Morgan fingerprint density at radius 2 is 1.64 bits per heavy atom. The fraction of sp³-hybridized carbons (Fsp3) is 1.00. The molecule has 0 aromatic carbocycles. The maximum absolute atomic E-state index is 5.08. The molecule has 0 amide bonds. The largest absolute Gasteiger partial charge is 0.331 e. The van der Waals surface area contributed by atoms with Crippen molar-refractivity contribution in [2.75, 3.05) is 21.3 Å². The van der Waals surface area contributed by atoms with Crippen LogP contribution in [0.2, 0.25) is 6.04 Å². The van der Waals surface area contributed by atoms with Gasteiger partial charge in [-0.3, -0.25) is 0 Å². The molecular formula is C6H16O3SSi. The van der Waals surface area contributed by atoms with Gasteiger partial charge in [0.2, 0.25) is 0 Å². The maximum atomic E-state index is 5.08. The molecule has 0 atom stereocenters. The SMILES string of the molecule is COC(CC[SiH2]S)(OC)OC. The molecule has 68 valence electrons. The molecule has 0 aliphatic carbocycles. The van der Waals surface area contributed by atoms with E-state index in [-0.39, 0.29) is 8.67 Å². The molecule has 0 radical (unpaired) electrons. The number of thiol groups is 1. The summed E-state index contributed by atoms with van der Waals surface area (Å²) in [5.41, 5.74) is 0. The second-order valence-electron chi connectivity index (χ2n) is 2.12. The zero-order valence-corrected chi connectivity index (χ0v) is 9.60. The molecule has 0 saturated heterocycles. The lowest BCUT2D eigenvalue weighted by Gasteiger charge is -2.28. The number of hydrogen-bond donors (Lipinski definition) is 1. The van der Waals surface area contributed by atoms with Crippen LogP contribution in [-0.2, 0) is 14.2 Å². The van der Waals surface area contributed by atoms with Gasteiger partial charge >= 0.3 is 0 Å². The van der Waals surface area contributed by atoms with Gasteiger partial charge in [-0.1, -0.05) is 0 Å². The summed E-state index contributed by atoms with van der Waals surface area (Å²) in [5.74, 6) is -0.838. The van der Waals surface area contributed by atoms with Crippen LogP contribution in [0.15, 0.2) is 0 Å². The summed E-state index contributed by atoms with van der Waals surface area (Å²) in [7, 11) is 4.49. The van der Waals surface area contributed by atoms with Crippen molar-refractivity contribution in [3.8, 4) is 0 Å². The highest BCUT2D eigenvalue weighted by molar-refractivity contribution is 8.06. The lowest BCUT2D eigenvalue weighted by atomic mass is 10.4. The van der Waals surface area contributed by atoms with Crippen LogP contribution in [0.4, 0.5) is 0 Å². The van der Waals surface area contributed by atoms with E-state index in [1.165, 1.54) is 0 Å². The number of hydrogen-bond acceptors (Lipinski definition) is 4. The summed E-state index contributed by atoms with van der Waals surface area (Å²) < 4.78 is 15.2. The molecule has 0 heterocycles. The van der Waals surface area contributed by atoms with E-state index in [4.69, 9.17) is 14.2 Å². The average Bonchev–Trinajstić information content (AvgIpc) is 2.08. The molecule has 0 aromatic heterocycles. The molecule has 5 heteroatoms. The molecule has 11 heavy (non-hydrogen) atoms. The summed E-state index contributed by atoms with van der Waals surface area (Å²) in [6, 6.07) is 1.04. The zero-order chi connectivity index (χ0) is 8.74. The first-order valence-corrected chi connectivity index (χ1v) is 7.04. The van der Waals surface area contributed by atoms with Gasteiger partial charge in [-0.15, -0.1) is 0 Å². The average molecular weight is 196 g/mol. The van der Waals surface area contributed by atoms with E-state index in [2.05, 4.69) is 12.1 Å². The molecule has 0 aromatic rings. The molecular weight excluding hydrogens is 180 g/mol. The predicted octanol–water partition coefficient (Wildman–Crippen LogP) is 0.401. The Morgan fingerprint density at radius 3 is 1.91 bits per heavy atom. The van der Waals surface area contributed by atoms with Crippen LogP contribution in [0.5, 0.6) is 0 Å². The number of ether oxygens (including phenoxy) is 3. The minimum atomic E-state index is -0.838. The zero-order valence-electron chi connectivity index (χ0n) is 7.29. The molecule has 0 N–H and O–H groups in total. The Labute approximate surface area is 75.3 Å². The van der Waals surface area contributed by atoms with Crippen molar-refractivity contribution in [1.82, 2.24) is 0 Å². The van der Waals surface area contributed by atoms with E-state index in [1.54, 1.807) is 21.3 Å². The second kappa shape index (κ2) is 6.02. The molecule has 0 bridgehead atoms. The van der Waals surface area contributed by atoms with Crippen molar-refractivity contribution < 1.29 is 14.2 Å². The minimum Gasteiger partial charge on any atom is -0.331 e. The van der Waals surface area contributed by atoms with Gasteiger partial charge < -0.3 is 14.2 Å². The predicted molar refractivity (Wildman–Crippen MR) is 50.7 cm³/mol. The Morgan fingerprint density at radius 1 is 1.18 bits per heavy atom. The number of methoxy groups -OCH3 is 3. The van der Waals surface area contributed by atoms with Crippen LogP contribution in [0.3, 0.4) is 0 Å². The molecule has 0 rings (SSSR count). The fourth-order valence-corrected chi connectivity index (χ4v) is 1.92. The van der Waals surface area contributed by atoms with E-state index in [0.717, 1.165) is 12.5 Å². The van der Waals surface area contributed by atoms with Gasteiger partial charge in [-0.05, 0) is 6.04 Å². The minimum absolute atomic E-state index is 0.239. The standard InChI is InChI=1S/C6H16O3SSi/c1-7-6(8-2,9-3)4-5-11-10/h10H,4-5,11H2,1-3H3. The van der Waals surface area contributed by atoms with Crippen molar-refractivity contribution in [3.05, 3.63) is 0 Å². The Balaban J connectivity index is 3.84. The first-order valence-electron chi connectivity index (χ1n) is 3.51. The van der Waals surface area contributed by atoms with Gasteiger partial charge in [0.15, 0.2) is 0 Å². The Hall–Kier alpha value is 0.447.